The molecule has 0 amide bonds. The molecule has 0 spiro atoms. The minimum Gasteiger partial charge on any atom is -0.291 e. The van der Waals surface area contributed by atoms with Crippen molar-refractivity contribution in [2.45, 2.75) is 4.90 Å². The van der Waals surface area contributed by atoms with Gasteiger partial charge in [0.1, 0.15) is 11.3 Å². The SMILES string of the molecule is O=c1[nH]c(=O)c2ncn(S(=O)(=O)c3ccc(Cl)c([N+](=O)[O-])c3)c2[nH]1. The summed E-state index contributed by atoms with van der Waals surface area (Å²) >= 11 is 5.65. The number of aromatic nitrogens is 4. The van der Waals surface area contributed by atoms with E-state index in [1.165, 1.54) is 0 Å². The predicted molar refractivity (Wildman–Crippen MR) is 81.7 cm³/mol. The Morgan fingerprint density at radius 3 is 2.62 bits per heavy atom. The Bertz CT molecular complexity index is 1210. The van der Waals surface area contributed by atoms with Crippen LogP contribution in [0.3, 0.4) is 0 Å². The van der Waals surface area contributed by atoms with E-state index in [0.717, 1.165) is 24.5 Å². The topological polar surface area (TPSA) is 161 Å². The van der Waals surface area contributed by atoms with Crippen LogP contribution in [0, 0.1) is 10.1 Å². The molecule has 3 rings (SSSR count). The lowest BCUT2D eigenvalue weighted by Crippen LogP contribution is -2.23. The summed E-state index contributed by atoms with van der Waals surface area (Å²) in [4.78, 5) is 40.3. The summed E-state index contributed by atoms with van der Waals surface area (Å²) in [5.74, 6) is 0. The standard InChI is InChI=1S/C11H6ClN5O6S/c12-6-2-1-5(3-7(6)17(20)21)24(22,23)16-4-13-8-9(16)14-11(19)15-10(8)18/h1-4H,(H2,14,15,18,19). The van der Waals surface area contributed by atoms with E-state index in [1.54, 1.807) is 0 Å². The summed E-state index contributed by atoms with van der Waals surface area (Å²) < 4.78 is 25.8. The summed E-state index contributed by atoms with van der Waals surface area (Å²) in [6.45, 7) is 0. The normalized spacial score (nSPS) is 11.7. The van der Waals surface area contributed by atoms with Crippen molar-refractivity contribution in [3.05, 3.63) is 60.5 Å². The summed E-state index contributed by atoms with van der Waals surface area (Å²) in [5.41, 5.74) is -3.06. The summed E-state index contributed by atoms with van der Waals surface area (Å²) in [7, 11) is -4.36. The van der Waals surface area contributed by atoms with Gasteiger partial charge in [-0.15, -0.1) is 0 Å². The first-order valence-corrected chi connectivity index (χ1v) is 7.93. The number of nitro groups is 1. The first kappa shape index (κ1) is 15.9. The fraction of sp³-hybridized carbons (Fsp3) is 0. The first-order valence-electron chi connectivity index (χ1n) is 6.11. The highest BCUT2D eigenvalue weighted by Gasteiger charge is 2.25. The van der Waals surface area contributed by atoms with Crippen molar-refractivity contribution in [2.24, 2.45) is 0 Å². The largest absolute Gasteiger partial charge is 0.327 e. The number of hydrogen-bond donors (Lipinski definition) is 2. The highest BCUT2D eigenvalue weighted by molar-refractivity contribution is 7.90. The van der Waals surface area contributed by atoms with Gasteiger partial charge in [0.25, 0.3) is 21.3 Å². The van der Waals surface area contributed by atoms with Crippen LogP contribution in [0.25, 0.3) is 11.2 Å². The second-order valence-corrected chi connectivity index (χ2v) is 6.74. The van der Waals surface area contributed by atoms with Crippen LogP contribution in [0.2, 0.25) is 5.02 Å². The van der Waals surface area contributed by atoms with Gasteiger partial charge in [-0.3, -0.25) is 24.9 Å². The second-order valence-electron chi connectivity index (χ2n) is 4.52. The Labute approximate surface area is 136 Å². The zero-order valence-corrected chi connectivity index (χ0v) is 13.0. The average molecular weight is 372 g/mol. The van der Waals surface area contributed by atoms with Gasteiger partial charge in [0.15, 0.2) is 11.2 Å². The Kier molecular flexibility index (Phi) is 3.50. The van der Waals surface area contributed by atoms with Crippen LogP contribution in [0.15, 0.2) is 39.0 Å². The number of imidazole rings is 1. The summed E-state index contributed by atoms with van der Waals surface area (Å²) in [6.07, 6.45) is 0.811. The van der Waals surface area contributed by atoms with E-state index in [0.29, 0.717) is 3.97 Å². The van der Waals surface area contributed by atoms with Crippen LogP contribution in [-0.2, 0) is 10.0 Å². The molecule has 0 radical (unpaired) electrons. The molecule has 2 N–H and O–H groups in total. The maximum atomic E-state index is 12.6. The molecule has 0 aliphatic carbocycles. The number of nitrogens with one attached hydrogen (secondary N) is 2. The Balaban J connectivity index is 2.30. The molecule has 2 aromatic heterocycles. The van der Waals surface area contributed by atoms with Gasteiger partial charge in [-0.25, -0.2) is 22.2 Å². The van der Waals surface area contributed by atoms with Crippen LogP contribution in [0.4, 0.5) is 5.69 Å². The van der Waals surface area contributed by atoms with Gasteiger partial charge in [0.2, 0.25) is 0 Å². The summed E-state index contributed by atoms with van der Waals surface area (Å²) in [6, 6.07) is 2.89. The lowest BCUT2D eigenvalue weighted by Gasteiger charge is -2.06. The summed E-state index contributed by atoms with van der Waals surface area (Å²) in [5, 5.41) is 10.7. The molecule has 1 aromatic carbocycles. The van der Waals surface area contributed by atoms with E-state index in [4.69, 9.17) is 11.6 Å². The van der Waals surface area contributed by atoms with Crippen LogP contribution in [0.1, 0.15) is 0 Å². The number of aromatic amines is 2. The van der Waals surface area contributed by atoms with Gasteiger partial charge in [-0.1, -0.05) is 11.6 Å². The first-order chi connectivity index (χ1) is 11.2. The molecule has 0 aliphatic rings. The van der Waals surface area contributed by atoms with Crippen LogP contribution in [-0.4, -0.2) is 32.3 Å². The quantitative estimate of drug-likeness (QED) is 0.491. The molecule has 0 unspecified atom stereocenters. The smallest absolute Gasteiger partial charge is 0.291 e. The van der Waals surface area contributed by atoms with Gasteiger partial charge < -0.3 is 0 Å². The molecular formula is C11H6ClN5O6S. The van der Waals surface area contributed by atoms with E-state index in [2.05, 4.69) is 9.97 Å². The average Bonchev–Trinajstić information content (AvgIpc) is 2.91. The van der Waals surface area contributed by atoms with E-state index >= 15 is 0 Å². The number of hydrogen-bond acceptors (Lipinski definition) is 7. The minimum atomic E-state index is -4.36. The van der Waals surface area contributed by atoms with E-state index < -0.39 is 36.8 Å². The fourth-order valence-corrected chi connectivity index (χ4v) is 3.46. The number of rotatable bonds is 3. The molecular weight excluding hydrogens is 366 g/mol. The van der Waals surface area contributed by atoms with Crippen molar-refractivity contribution < 1.29 is 13.3 Å². The van der Waals surface area contributed by atoms with Crippen molar-refractivity contribution in [1.29, 1.82) is 0 Å². The van der Waals surface area contributed by atoms with Crippen LogP contribution < -0.4 is 11.2 Å². The Hall–Kier alpha value is -2.99. The van der Waals surface area contributed by atoms with E-state index in [-0.39, 0.29) is 16.2 Å². The molecule has 0 fully saturated rings. The molecule has 0 saturated heterocycles. The molecule has 2 heterocycles. The molecule has 0 aliphatic heterocycles. The monoisotopic (exact) mass is 371 g/mol. The van der Waals surface area contributed by atoms with Crippen molar-refractivity contribution >= 4 is 38.5 Å². The molecule has 0 saturated carbocycles. The zero-order valence-electron chi connectivity index (χ0n) is 11.4. The number of nitro benzene ring substituents is 1. The highest BCUT2D eigenvalue weighted by Crippen LogP contribution is 2.28. The molecule has 124 valence electrons. The third-order valence-corrected chi connectivity index (χ3v) is 5.05. The van der Waals surface area contributed by atoms with Gasteiger partial charge in [-0.05, 0) is 12.1 Å². The van der Waals surface area contributed by atoms with Crippen molar-refractivity contribution in [3.63, 3.8) is 0 Å². The fourth-order valence-electron chi connectivity index (χ4n) is 2.00. The molecule has 0 atom stereocenters. The number of fused-ring (bicyclic) bond motifs is 1. The van der Waals surface area contributed by atoms with Crippen LogP contribution in [0.5, 0.6) is 0 Å². The maximum absolute atomic E-state index is 12.6. The number of halogens is 1. The van der Waals surface area contributed by atoms with Crippen molar-refractivity contribution in [1.82, 2.24) is 18.9 Å². The zero-order chi connectivity index (χ0) is 17.6. The van der Waals surface area contributed by atoms with Gasteiger partial charge in [0.05, 0.1) is 9.82 Å². The predicted octanol–water partition coefficient (Wildman–Crippen LogP) is 0.211. The number of H-pyrrole nitrogens is 2. The third kappa shape index (κ3) is 2.37. The second kappa shape index (κ2) is 5.28. The van der Waals surface area contributed by atoms with Gasteiger partial charge in [0, 0.05) is 6.07 Å². The van der Waals surface area contributed by atoms with E-state index in [9.17, 15) is 28.1 Å². The van der Waals surface area contributed by atoms with Crippen molar-refractivity contribution in [2.75, 3.05) is 0 Å². The third-order valence-electron chi connectivity index (χ3n) is 3.08. The molecule has 11 nitrogen and oxygen atoms in total. The minimum absolute atomic E-state index is 0.237. The van der Waals surface area contributed by atoms with E-state index in [1.807, 2.05) is 4.98 Å². The molecule has 13 heteroatoms. The lowest BCUT2D eigenvalue weighted by molar-refractivity contribution is -0.384. The molecule has 0 bridgehead atoms. The number of nitrogens with zero attached hydrogens (tertiary/aromatic N) is 3. The lowest BCUT2D eigenvalue weighted by atomic mass is 10.3. The van der Waals surface area contributed by atoms with Gasteiger partial charge >= 0.3 is 5.69 Å². The Morgan fingerprint density at radius 2 is 1.96 bits per heavy atom. The van der Waals surface area contributed by atoms with Crippen molar-refractivity contribution in [3.8, 4) is 0 Å². The number of benzene rings is 1. The van der Waals surface area contributed by atoms with Crippen LogP contribution >= 0.6 is 11.6 Å². The molecule has 24 heavy (non-hydrogen) atoms. The Morgan fingerprint density at radius 1 is 1.25 bits per heavy atom. The molecule has 3 aromatic rings. The maximum Gasteiger partial charge on any atom is 0.327 e. The highest BCUT2D eigenvalue weighted by atomic mass is 35.5. The van der Waals surface area contributed by atoms with Gasteiger partial charge in [-0.2, -0.15) is 0 Å².